The topological polar surface area (TPSA) is 171 Å². The lowest BCUT2D eigenvalue weighted by Gasteiger charge is -2.09. The molecule has 0 atom stereocenters. The van der Waals surface area contributed by atoms with Gasteiger partial charge in [0.1, 0.15) is 5.56 Å². The quantitative estimate of drug-likeness (QED) is 0.216. The number of carbonyl (C=O) groups is 3. The molecule has 14 nitrogen and oxygen atoms in total. The highest BCUT2D eigenvalue weighted by Gasteiger charge is 2.32. The number of methoxy groups -OCH3 is 2. The highest BCUT2D eigenvalue weighted by atomic mass is 16.7. The Bertz CT molecular complexity index is 1060. The number of rotatable bonds is 10. The molecule has 0 fully saturated rings. The van der Waals surface area contributed by atoms with E-state index < -0.39 is 58.3 Å². The second-order valence-corrected chi connectivity index (χ2v) is 6.49. The van der Waals surface area contributed by atoms with Crippen LogP contribution in [0.3, 0.4) is 0 Å². The van der Waals surface area contributed by atoms with Crippen molar-refractivity contribution in [3.8, 4) is 11.5 Å². The van der Waals surface area contributed by atoms with E-state index in [2.05, 4.69) is 10.2 Å². The molecule has 0 aliphatic rings. The van der Waals surface area contributed by atoms with E-state index in [1.165, 1.54) is 21.1 Å². The molecule has 0 N–H and O–H groups in total. The number of esters is 1. The average Bonchev–Trinajstić information content (AvgIpc) is 3.20. The molecule has 1 aromatic carbocycles. The smallest absolute Gasteiger partial charge is 0.493 e. The van der Waals surface area contributed by atoms with Crippen LogP contribution in [-0.2, 0) is 20.9 Å². The van der Waals surface area contributed by atoms with Gasteiger partial charge in [-0.25, -0.2) is 9.59 Å². The fourth-order valence-electron chi connectivity index (χ4n) is 2.56. The fraction of sp³-hybridized carbons (Fsp3) is 0.421. The molecule has 0 amide bonds. The highest BCUT2D eigenvalue weighted by Crippen LogP contribution is 2.35. The second kappa shape index (κ2) is 10.9. The summed E-state index contributed by atoms with van der Waals surface area (Å²) in [4.78, 5) is 48.7. The van der Waals surface area contributed by atoms with E-state index in [1.807, 2.05) is 0 Å². The van der Waals surface area contributed by atoms with Gasteiger partial charge < -0.3 is 23.7 Å². The van der Waals surface area contributed by atoms with Crippen LogP contribution in [-0.4, -0.2) is 64.8 Å². The average molecular weight is 466 g/mol. The van der Waals surface area contributed by atoms with Crippen molar-refractivity contribution < 1.29 is 43.0 Å². The minimum atomic E-state index is -1.02. The lowest BCUT2D eigenvalue weighted by molar-refractivity contribution is -0.385. The van der Waals surface area contributed by atoms with Crippen molar-refractivity contribution in [2.24, 2.45) is 0 Å². The zero-order valence-electron chi connectivity index (χ0n) is 18.5. The number of nitro groups is 1. The number of aromatic nitrogens is 3. The van der Waals surface area contributed by atoms with Gasteiger partial charge in [0.25, 0.3) is 5.69 Å². The summed E-state index contributed by atoms with van der Waals surface area (Å²) in [6.07, 6.45) is -1.47. The van der Waals surface area contributed by atoms with E-state index in [0.29, 0.717) is 0 Å². The summed E-state index contributed by atoms with van der Waals surface area (Å²) in [5.41, 5.74) is -2.12. The Morgan fingerprint density at radius 1 is 1.06 bits per heavy atom. The number of nitrogens with zero attached hydrogens (tertiary/aromatic N) is 4. The van der Waals surface area contributed by atoms with Gasteiger partial charge in [-0.3, -0.25) is 14.9 Å². The summed E-state index contributed by atoms with van der Waals surface area (Å²) in [5, 5.41) is 19.3. The maximum absolute atomic E-state index is 13.2. The largest absolute Gasteiger partial charge is 0.510 e. The number of hydrogen-bond acceptors (Lipinski definition) is 12. The van der Waals surface area contributed by atoms with Crippen molar-refractivity contribution >= 4 is 23.6 Å². The molecule has 0 unspecified atom stereocenters. The first kappa shape index (κ1) is 25.0. The van der Waals surface area contributed by atoms with Gasteiger partial charge in [-0.1, -0.05) is 0 Å². The molecule has 178 valence electrons. The first-order valence-corrected chi connectivity index (χ1v) is 9.53. The molecule has 0 spiro atoms. The molecule has 1 heterocycles. The van der Waals surface area contributed by atoms with Gasteiger partial charge in [-0.05, 0) is 20.8 Å². The van der Waals surface area contributed by atoms with E-state index >= 15 is 0 Å². The van der Waals surface area contributed by atoms with Crippen molar-refractivity contribution in [3.63, 3.8) is 0 Å². The first-order chi connectivity index (χ1) is 15.6. The van der Waals surface area contributed by atoms with Gasteiger partial charge in [0.15, 0.2) is 17.2 Å². The zero-order chi connectivity index (χ0) is 24.7. The van der Waals surface area contributed by atoms with Crippen LogP contribution in [0.15, 0.2) is 12.1 Å². The minimum absolute atomic E-state index is 0.0204. The second-order valence-electron chi connectivity index (χ2n) is 6.49. The number of carbonyl (C=O) groups excluding carboxylic acids is 3. The molecule has 0 radical (unpaired) electrons. The van der Waals surface area contributed by atoms with E-state index in [1.54, 1.807) is 13.8 Å². The summed E-state index contributed by atoms with van der Waals surface area (Å²) in [7, 11) is 2.56. The van der Waals surface area contributed by atoms with Crippen LogP contribution in [0.4, 0.5) is 10.5 Å². The standard InChI is InChI=1S/C19H22N4O10/c1-6-31-18(25)16-15(20-22(21-16)9-32-19(26)33-10(2)3)17(24)11-7-13(29-4)14(30-5)8-12(11)23(27)28/h7-8,10H,6,9H2,1-5H3. The molecule has 0 aliphatic carbocycles. The third-order valence-electron chi connectivity index (χ3n) is 3.91. The van der Waals surface area contributed by atoms with Crippen LogP contribution in [0.1, 0.15) is 47.3 Å². The Hall–Kier alpha value is -4.23. The van der Waals surface area contributed by atoms with Crippen LogP contribution in [0, 0.1) is 10.1 Å². The van der Waals surface area contributed by atoms with Crippen molar-refractivity contribution in [1.82, 2.24) is 15.0 Å². The van der Waals surface area contributed by atoms with E-state index in [4.69, 9.17) is 23.7 Å². The number of ketones is 1. The van der Waals surface area contributed by atoms with E-state index in [9.17, 15) is 24.5 Å². The van der Waals surface area contributed by atoms with Crippen LogP contribution in [0.2, 0.25) is 0 Å². The summed E-state index contributed by atoms with van der Waals surface area (Å²) < 4.78 is 24.7. The monoisotopic (exact) mass is 466 g/mol. The van der Waals surface area contributed by atoms with Crippen LogP contribution < -0.4 is 9.47 Å². The maximum Gasteiger partial charge on any atom is 0.510 e. The van der Waals surface area contributed by atoms with Gasteiger partial charge in [0, 0.05) is 6.07 Å². The van der Waals surface area contributed by atoms with Crippen molar-refractivity contribution in [2.75, 3.05) is 20.8 Å². The van der Waals surface area contributed by atoms with Crippen molar-refractivity contribution in [2.45, 2.75) is 33.6 Å². The predicted octanol–water partition coefficient (Wildman–Crippen LogP) is 2.13. The molecule has 0 bridgehead atoms. The normalized spacial score (nSPS) is 10.5. The summed E-state index contributed by atoms with van der Waals surface area (Å²) in [5.74, 6) is -1.95. The Morgan fingerprint density at radius 3 is 2.21 bits per heavy atom. The lowest BCUT2D eigenvalue weighted by atomic mass is 10.0. The van der Waals surface area contributed by atoms with Gasteiger partial charge in [0.05, 0.1) is 37.9 Å². The van der Waals surface area contributed by atoms with Crippen molar-refractivity contribution in [1.29, 1.82) is 0 Å². The van der Waals surface area contributed by atoms with Gasteiger partial charge in [0.2, 0.25) is 18.2 Å². The summed E-state index contributed by atoms with van der Waals surface area (Å²) in [6.45, 7) is 4.12. The molecule has 0 aliphatic heterocycles. The van der Waals surface area contributed by atoms with Gasteiger partial charge >= 0.3 is 12.1 Å². The van der Waals surface area contributed by atoms with Crippen LogP contribution >= 0.6 is 0 Å². The molecule has 33 heavy (non-hydrogen) atoms. The molecule has 0 saturated carbocycles. The van der Waals surface area contributed by atoms with Crippen LogP contribution in [0.5, 0.6) is 11.5 Å². The maximum atomic E-state index is 13.2. The first-order valence-electron chi connectivity index (χ1n) is 9.53. The Labute approximate surface area is 187 Å². The number of benzene rings is 1. The van der Waals surface area contributed by atoms with Crippen molar-refractivity contribution in [3.05, 3.63) is 39.2 Å². The zero-order valence-corrected chi connectivity index (χ0v) is 18.5. The van der Waals surface area contributed by atoms with Gasteiger partial charge in [-0.15, -0.1) is 15.0 Å². The Morgan fingerprint density at radius 2 is 1.67 bits per heavy atom. The summed E-state index contributed by atoms with van der Waals surface area (Å²) in [6, 6.07) is 2.09. The molecule has 0 saturated heterocycles. The summed E-state index contributed by atoms with van der Waals surface area (Å²) >= 11 is 0. The lowest BCUT2D eigenvalue weighted by Crippen LogP contribution is -2.16. The van der Waals surface area contributed by atoms with E-state index in [-0.39, 0.29) is 18.1 Å². The minimum Gasteiger partial charge on any atom is -0.493 e. The third-order valence-corrected chi connectivity index (χ3v) is 3.91. The van der Waals surface area contributed by atoms with Gasteiger partial charge in [-0.2, -0.15) is 0 Å². The Kier molecular flexibility index (Phi) is 8.25. The van der Waals surface area contributed by atoms with E-state index in [0.717, 1.165) is 16.9 Å². The third kappa shape index (κ3) is 5.93. The predicted molar refractivity (Wildman–Crippen MR) is 108 cm³/mol. The Balaban J connectivity index is 2.52. The molecule has 2 rings (SSSR count). The molecule has 2 aromatic rings. The fourth-order valence-corrected chi connectivity index (χ4v) is 2.56. The molecular formula is C19H22N4O10. The van der Waals surface area contributed by atoms with Crippen LogP contribution in [0.25, 0.3) is 0 Å². The molecule has 14 heteroatoms. The molecular weight excluding hydrogens is 444 g/mol. The number of nitro benzene ring substituents is 1. The number of ether oxygens (including phenoxy) is 5. The number of hydrogen-bond donors (Lipinski definition) is 0. The SMILES string of the molecule is CCOC(=O)c1nn(COC(=O)OC(C)C)nc1C(=O)c1cc(OC)c(OC)cc1[N+](=O)[O-]. The highest BCUT2D eigenvalue weighted by molar-refractivity contribution is 6.14. The molecule has 1 aromatic heterocycles.